The summed E-state index contributed by atoms with van der Waals surface area (Å²) >= 11 is 0. The van der Waals surface area contributed by atoms with Gasteiger partial charge in [-0.15, -0.1) is 0 Å². The van der Waals surface area contributed by atoms with Crippen molar-refractivity contribution < 1.29 is 87.8 Å². The van der Waals surface area contributed by atoms with Gasteiger partial charge in [-0.25, -0.2) is 0 Å². The molecule has 174 valence electrons. The second-order valence-electron chi connectivity index (χ2n) is 7.98. The molecule has 0 fully saturated rings. The van der Waals surface area contributed by atoms with Gasteiger partial charge in [0.15, 0.2) is 0 Å². The molecule has 6 nitrogen and oxygen atoms in total. The van der Waals surface area contributed by atoms with E-state index >= 15 is 0 Å². The van der Waals surface area contributed by atoms with Crippen molar-refractivity contribution in [2.45, 2.75) is 79.2 Å². The second kappa shape index (κ2) is 22.5. The maximum absolute atomic E-state index is 10.3. The minimum atomic E-state index is -5.05. The predicted octanol–water partition coefficient (Wildman–Crippen LogP) is -1.64. The molecule has 0 rings (SSSR count). The molecule has 32 heavy (non-hydrogen) atoms. The van der Waals surface area contributed by atoms with Gasteiger partial charge >= 0.3 is 59.1 Å². The smallest absolute Gasteiger partial charge is 0.790 e. The number of phosphoric ester groups is 1. The van der Waals surface area contributed by atoms with Crippen molar-refractivity contribution in [1.29, 1.82) is 0 Å². The van der Waals surface area contributed by atoms with Crippen molar-refractivity contribution in [3.8, 4) is 0 Å². The Kier molecular flexibility index (Phi) is 26.3. The van der Waals surface area contributed by atoms with Gasteiger partial charge in [0, 0.05) is 0 Å². The Bertz CT molecular complexity index is 649. The molecule has 0 aliphatic rings. The molecule has 0 unspecified atom stereocenters. The van der Waals surface area contributed by atoms with E-state index in [1.807, 2.05) is 13.0 Å². The summed E-state index contributed by atoms with van der Waals surface area (Å²) in [5.41, 5.74) is 5.40. The fourth-order valence-electron chi connectivity index (χ4n) is 2.62. The minimum absolute atomic E-state index is 0. The van der Waals surface area contributed by atoms with Crippen LogP contribution in [0.15, 0.2) is 46.6 Å². The van der Waals surface area contributed by atoms with E-state index in [2.05, 4.69) is 50.4 Å². The first-order valence-corrected chi connectivity index (χ1v) is 12.0. The van der Waals surface area contributed by atoms with Crippen LogP contribution in [-0.4, -0.2) is 31.0 Å². The zero-order chi connectivity index (χ0) is 23.0. The molecule has 9 heteroatoms. The molecule has 0 aromatic carbocycles. The van der Waals surface area contributed by atoms with Crippen LogP contribution in [0.4, 0.5) is 0 Å². The van der Waals surface area contributed by atoms with Crippen LogP contribution < -0.4 is 68.9 Å². The zero-order valence-electron chi connectivity index (χ0n) is 21.2. The summed E-state index contributed by atoms with van der Waals surface area (Å²) < 4.78 is 19.6. The van der Waals surface area contributed by atoms with Gasteiger partial charge in [0.05, 0.1) is 27.6 Å². The Balaban J connectivity index is -0.00000420. The third kappa shape index (κ3) is 27.2. The molecule has 0 radical (unpaired) electrons. The molecule has 0 amide bonds. The number of rotatable bonds is 16. The normalized spacial score (nSPS) is 13.8. The van der Waals surface area contributed by atoms with Gasteiger partial charge in [-0.1, -0.05) is 46.6 Å². The van der Waals surface area contributed by atoms with E-state index in [9.17, 15) is 19.5 Å². The molecule has 0 aliphatic carbocycles. The number of phosphoric acid groups is 1. The maximum Gasteiger partial charge on any atom is 1.00 e. The topological polar surface area (TPSA) is 102 Å². The number of hydrogen-bond acceptors (Lipinski definition) is 6. The molecule has 0 spiro atoms. The fourth-order valence-corrected chi connectivity index (χ4v) is 2.97. The number of allylic oxidation sites excluding steroid dienone is 7. The Labute approximate surface area is 239 Å². The maximum atomic E-state index is 10.3. The molecule has 0 bridgehead atoms. The Hall–Kier alpha value is 0.990. The molecule has 0 saturated heterocycles. The van der Waals surface area contributed by atoms with E-state index in [1.165, 1.54) is 22.3 Å². The van der Waals surface area contributed by atoms with Gasteiger partial charge in [-0.3, -0.25) is 0 Å². The van der Waals surface area contributed by atoms with E-state index in [1.54, 1.807) is 0 Å². The van der Waals surface area contributed by atoms with Gasteiger partial charge in [0.2, 0.25) is 0 Å². The number of aliphatic hydroxyl groups is 1. The number of hydrogen-bond donors (Lipinski definition) is 1. The first kappa shape index (κ1) is 37.5. The monoisotopic (exact) mass is 488 g/mol. The van der Waals surface area contributed by atoms with E-state index in [0.717, 1.165) is 38.5 Å². The molecule has 0 aliphatic heterocycles. The number of aliphatic hydroxyl groups excluding tert-OH is 1. The molecule has 0 aromatic heterocycles. The summed E-state index contributed by atoms with van der Waals surface area (Å²) in [4.78, 5) is 20.7. The molecule has 0 heterocycles. The molecule has 0 aromatic rings. The molecule has 1 atom stereocenters. The van der Waals surface area contributed by atoms with Crippen molar-refractivity contribution >= 4 is 7.82 Å². The third-order valence-electron chi connectivity index (χ3n) is 4.44. The largest absolute Gasteiger partial charge is 1.00 e. The van der Waals surface area contributed by atoms with Crippen molar-refractivity contribution in [1.82, 2.24) is 0 Å². The van der Waals surface area contributed by atoms with E-state index < -0.39 is 20.5 Å². The van der Waals surface area contributed by atoms with E-state index in [0.29, 0.717) is 6.61 Å². The van der Waals surface area contributed by atoms with Crippen LogP contribution in [0, 0.1) is 0 Å². The summed E-state index contributed by atoms with van der Waals surface area (Å²) in [6.07, 6.45) is 14.0. The SMILES string of the molecule is CC(C)=CCC/C(C)=C/CC/C(C)=C/CC/C(C)=C/COC[C@H](O)COP(=O)([O-])[O-].[Na+].[Na+]. The van der Waals surface area contributed by atoms with Crippen LogP contribution in [0.3, 0.4) is 0 Å². The van der Waals surface area contributed by atoms with Gasteiger partial charge < -0.3 is 28.7 Å². The average molecular weight is 489 g/mol. The zero-order valence-corrected chi connectivity index (χ0v) is 26.1. The molecular formula is C23H39Na2O6P. The van der Waals surface area contributed by atoms with Gasteiger partial charge in [0.1, 0.15) is 6.10 Å². The Morgan fingerprint density at radius 1 is 0.812 bits per heavy atom. The first-order chi connectivity index (χ1) is 14.0. The van der Waals surface area contributed by atoms with Crippen LogP contribution >= 0.6 is 7.82 Å². The third-order valence-corrected chi connectivity index (χ3v) is 4.90. The predicted molar refractivity (Wildman–Crippen MR) is 119 cm³/mol. The summed E-state index contributed by atoms with van der Waals surface area (Å²) in [5, 5.41) is 9.47. The average Bonchev–Trinajstić information content (AvgIpc) is 2.62. The van der Waals surface area contributed by atoms with E-state index in [-0.39, 0.29) is 65.7 Å². The minimum Gasteiger partial charge on any atom is -0.790 e. The Morgan fingerprint density at radius 3 is 1.69 bits per heavy atom. The first-order valence-electron chi connectivity index (χ1n) is 10.5. The summed E-state index contributed by atoms with van der Waals surface area (Å²) in [5.74, 6) is 0. The fraction of sp³-hybridized carbons (Fsp3) is 0.652. The van der Waals surface area contributed by atoms with Crippen molar-refractivity contribution in [3.05, 3.63) is 46.6 Å². The molecular weight excluding hydrogens is 449 g/mol. The number of ether oxygens (including phenoxy) is 1. The molecule has 1 N–H and O–H groups in total. The summed E-state index contributed by atoms with van der Waals surface area (Å²) in [6.45, 7) is 10.3. The second-order valence-corrected chi connectivity index (χ2v) is 9.14. The van der Waals surface area contributed by atoms with Crippen LogP contribution in [-0.2, 0) is 13.8 Å². The molecule has 0 saturated carbocycles. The van der Waals surface area contributed by atoms with Crippen molar-refractivity contribution in [2.24, 2.45) is 0 Å². The van der Waals surface area contributed by atoms with Gasteiger partial charge in [0.25, 0.3) is 0 Å². The van der Waals surface area contributed by atoms with Crippen LogP contribution in [0.1, 0.15) is 73.1 Å². The van der Waals surface area contributed by atoms with Crippen molar-refractivity contribution in [2.75, 3.05) is 19.8 Å². The van der Waals surface area contributed by atoms with Crippen LogP contribution in [0.2, 0.25) is 0 Å². The van der Waals surface area contributed by atoms with Crippen molar-refractivity contribution in [3.63, 3.8) is 0 Å². The summed E-state index contributed by atoms with van der Waals surface area (Å²) in [7, 11) is -5.05. The van der Waals surface area contributed by atoms with Gasteiger partial charge in [-0.05, 0) is 73.1 Å². The van der Waals surface area contributed by atoms with E-state index in [4.69, 9.17) is 4.74 Å². The standard InChI is InChI=1S/C23H41O6P.2Na/c1-19(2)9-6-10-20(3)11-7-12-21(4)13-8-14-22(5)15-16-28-17-23(24)18-29-30(25,26)27;;/h9,11,13,15,23-24H,6-8,10,12,14,16-18H2,1-5H3,(H2,25,26,27);;/q;2*+1/p-2/b20-11+,21-13+,22-15+;;/t23-;;/m0../s1. The summed E-state index contributed by atoms with van der Waals surface area (Å²) in [6, 6.07) is 0. The van der Waals surface area contributed by atoms with Crippen LogP contribution in [0.25, 0.3) is 0 Å². The Morgan fingerprint density at radius 2 is 1.25 bits per heavy atom. The quantitative estimate of drug-likeness (QED) is 0.121. The van der Waals surface area contributed by atoms with Crippen LogP contribution in [0.5, 0.6) is 0 Å². The van der Waals surface area contributed by atoms with Gasteiger partial charge in [-0.2, -0.15) is 0 Å².